The van der Waals surface area contributed by atoms with E-state index in [9.17, 15) is 4.79 Å². The smallest absolute Gasteiger partial charge is 0.410 e. The standard InChI is InChI=1S/C19H36N4O3/c1-19(2,3)26-18(24)23-8-6-22(7-9-23)17-14-20-5-4-16(17)15-21-10-12-25-13-11-21/h16-17,20H,4-15H2,1-3H3. The lowest BCUT2D eigenvalue weighted by molar-refractivity contribution is -0.00577. The van der Waals surface area contributed by atoms with E-state index in [0.717, 1.165) is 65.6 Å². The first-order chi connectivity index (χ1) is 12.4. The summed E-state index contributed by atoms with van der Waals surface area (Å²) >= 11 is 0. The molecular weight excluding hydrogens is 332 g/mol. The minimum absolute atomic E-state index is 0.177. The van der Waals surface area contributed by atoms with E-state index in [1.807, 2.05) is 25.7 Å². The van der Waals surface area contributed by atoms with Crippen molar-refractivity contribution < 1.29 is 14.3 Å². The number of carbonyl (C=O) groups is 1. The number of hydrogen-bond acceptors (Lipinski definition) is 6. The van der Waals surface area contributed by atoms with E-state index in [0.29, 0.717) is 12.0 Å². The Bertz CT molecular complexity index is 454. The first kappa shape index (κ1) is 19.9. The van der Waals surface area contributed by atoms with Crippen LogP contribution in [-0.2, 0) is 9.47 Å². The second-order valence-corrected chi connectivity index (χ2v) is 8.74. The summed E-state index contributed by atoms with van der Waals surface area (Å²) < 4.78 is 11.0. The highest BCUT2D eigenvalue weighted by Crippen LogP contribution is 2.22. The number of hydrogen-bond donors (Lipinski definition) is 1. The summed E-state index contributed by atoms with van der Waals surface area (Å²) in [5.41, 5.74) is -0.426. The number of nitrogens with one attached hydrogen (secondary N) is 1. The lowest BCUT2D eigenvalue weighted by Gasteiger charge is -2.45. The monoisotopic (exact) mass is 368 g/mol. The number of amides is 1. The fourth-order valence-corrected chi connectivity index (χ4v) is 4.21. The first-order valence-electron chi connectivity index (χ1n) is 10.2. The molecular formula is C19H36N4O3. The normalized spacial score (nSPS) is 29.6. The fraction of sp³-hybridized carbons (Fsp3) is 0.947. The number of ether oxygens (including phenoxy) is 2. The lowest BCUT2D eigenvalue weighted by Crippen LogP contribution is -2.60. The highest BCUT2D eigenvalue weighted by Gasteiger charge is 2.34. The average Bonchev–Trinajstić information content (AvgIpc) is 2.62. The molecule has 3 rings (SSSR count). The Labute approximate surface area is 158 Å². The van der Waals surface area contributed by atoms with Gasteiger partial charge < -0.3 is 19.7 Å². The highest BCUT2D eigenvalue weighted by molar-refractivity contribution is 5.68. The van der Waals surface area contributed by atoms with Crippen LogP contribution >= 0.6 is 0 Å². The third kappa shape index (κ3) is 5.55. The summed E-state index contributed by atoms with van der Waals surface area (Å²) in [5.74, 6) is 0.697. The van der Waals surface area contributed by atoms with Crippen molar-refractivity contribution >= 4 is 6.09 Å². The van der Waals surface area contributed by atoms with Crippen LogP contribution in [0, 0.1) is 5.92 Å². The molecule has 3 aliphatic heterocycles. The summed E-state index contributed by atoms with van der Waals surface area (Å²) in [6, 6.07) is 0.562. The average molecular weight is 369 g/mol. The zero-order valence-corrected chi connectivity index (χ0v) is 16.7. The van der Waals surface area contributed by atoms with E-state index in [-0.39, 0.29) is 6.09 Å². The SMILES string of the molecule is CC(C)(C)OC(=O)N1CCN(C2CNCCC2CN2CCOCC2)CC1. The summed E-state index contributed by atoms with van der Waals surface area (Å²) in [7, 11) is 0. The molecule has 2 unspecified atom stereocenters. The van der Waals surface area contributed by atoms with Crippen LogP contribution < -0.4 is 5.32 Å². The van der Waals surface area contributed by atoms with Crippen molar-refractivity contribution in [1.29, 1.82) is 0 Å². The molecule has 3 saturated heterocycles. The Balaban J connectivity index is 1.50. The molecule has 7 nitrogen and oxygen atoms in total. The maximum absolute atomic E-state index is 12.3. The third-order valence-electron chi connectivity index (χ3n) is 5.62. The Kier molecular flexibility index (Phi) is 6.77. The molecule has 3 aliphatic rings. The van der Waals surface area contributed by atoms with Gasteiger partial charge in [-0.2, -0.15) is 0 Å². The van der Waals surface area contributed by atoms with Gasteiger partial charge in [0.25, 0.3) is 0 Å². The lowest BCUT2D eigenvalue weighted by atomic mass is 9.90. The molecule has 1 N–H and O–H groups in total. The summed E-state index contributed by atoms with van der Waals surface area (Å²) in [5, 5.41) is 3.57. The van der Waals surface area contributed by atoms with Crippen molar-refractivity contribution in [2.24, 2.45) is 5.92 Å². The Morgan fingerprint density at radius 1 is 1.12 bits per heavy atom. The molecule has 0 saturated carbocycles. The van der Waals surface area contributed by atoms with Crippen LogP contribution in [0.3, 0.4) is 0 Å². The molecule has 3 fully saturated rings. The van der Waals surface area contributed by atoms with Gasteiger partial charge in [-0.05, 0) is 39.7 Å². The molecule has 0 spiro atoms. The van der Waals surface area contributed by atoms with Crippen LogP contribution in [0.4, 0.5) is 4.79 Å². The predicted molar refractivity (Wildman–Crippen MR) is 101 cm³/mol. The second-order valence-electron chi connectivity index (χ2n) is 8.74. The number of morpholine rings is 1. The number of carbonyl (C=O) groups excluding carboxylic acids is 1. The van der Waals surface area contributed by atoms with Crippen molar-refractivity contribution in [3.63, 3.8) is 0 Å². The van der Waals surface area contributed by atoms with Crippen LogP contribution in [0.2, 0.25) is 0 Å². The number of piperazine rings is 1. The molecule has 0 bridgehead atoms. The largest absolute Gasteiger partial charge is 0.444 e. The molecule has 3 heterocycles. The van der Waals surface area contributed by atoms with Gasteiger partial charge in [-0.3, -0.25) is 9.80 Å². The molecule has 150 valence electrons. The molecule has 2 atom stereocenters. The minimum Gasteiger partial charge on any atom is -0.444 e. The summed E-state index contributed by atoms with van der Waals surface area (Å²) in [6.07, 6.45) is 1.05. The quantitative estimate of drug-likeness (QED) is 0.797. The van der Waals surface area contributed by atoms with Crippen molar-refractivity contribution in [2.75, 3.05) is 72.1 Å². The van der Waals surface area contributed by atoms with Crippen LogP contribution in [0.1, 0.15) is 27.2 Å². The van der Waals surface area contributed by atoms with E-state index in [2.05, 4.69) is 15.1 Å². The van der Waals surface area contributed by atoms with Crippen LogP contribution in [-0.4, -0.2) is 105 Å². The van der Waals surface area contributed by atoms with Gasteiger partial charge in [0.05, 0.1) is 13.2 Å². The maximum atomic E-state index is 12.3. The van der Waals surface area contributed by atoms with Crippen LogP contribution in [0.5, 0.6) is 0 Å². The van der Waals surface area contributed by atoms with E-state index in [1.54, 1.807) is 0 Å². The Morgan fingerprint density at radius 2 is 1.81 bits per heavy atom. The Hall–Kier alpha value is -0.890. The topological polar surface area (TPSA) is 57.3 Å². The maximum Gasteiger partial charge on any atom is 0.410 e. The molecule has 26 heavy (non-hydrogen) atoms. The van der Waals surface area contributed by atoms with Crippen molar-refractivity contribution in [2.45, 2.75) is 38.8 Å². The van der Waals surface area contributed by atoms with Crippen LogP contribution in [0.15, 0.2) is 0 Å². The van der Waals surface area contributed by atoms with Crippen molar-refractivity contribution in [3.8, 4) is 0 Å². The second kappa shape index (κ2) is 8.87. The summed E-state index contributed by atoms with van der Waals surface area (Å²) in [4.78, 5) is 19.3. The molecule has 0 aromatic rings. The molecule has 0 aromatic carbocycles. The highest BCUT2D eigenvalue weighted by atomic mass is 16.6. The number of piperidine rings is 1. The van der Waals surface area contributed by atoms with Gasteiger partial charge in [-0.25, -0.2) is 4.79 Å². The van der Waals surface area contributed by atoms with Gasteiger partial charge in [0.15, 0.2) is 0 Å². The van der Waals surface area contributed by atoms with E-state index >= 15 is 0 Å². The van der Waals surface area contributed by atoms with E-state index < -0.39 is 5.60 Å². The van der Waals surface area contributed by atoms with Gasteiger partial charge in [0.2, 0.25) is 0 Å². The fourth-order valence-electron chi connectivity index (χ4n) is 4.21. The van der Waals surface area contributed by atoms with Gasteiger partial charge in [-0.15, -0.1) is 0 Å². The van der Waals surface area contributed by atoms with Gasteiger partial charge in [-0.1, -0.05) is 0 Å². The zero-order valence-electron chi connectivity index (χ0n) is 16.7. The number of nitrogens with zero attached hydrogens (tertiary/aromatic N) is 3. The van der Waals surface area contributed by atoms with E-state index in [1.165, 1.54) is 13.0 Å². The molecule has 7 heteroatoms. The molecule has 1 amide bonds. The van der Waals surface area contributed by atoms with Gasteiger partial charge >= 0.3 is 6.09 Å². The van der Waals surface area contributed by atoms with E-state index in [4.69, 9.17) is 9.47 Å². The Morgan fingerprint density at radius 3 is 2.46 bits per heavy atom. The molecule has 0 aromatic heterocycles. The predicted octanol–water partition coefficient (Wildman–Crippen LogP) is 0.849. The van der Waals surface area contributed by atoms with Crippen molar-refractivity contribution in [1.82, 2.24) is 20.0 Å². The third-order valence-corrected chi connectivity index (χ3v) is 5.62. The first-order valence-corrected chi connectivity index (χ1v) is 10.2. The van der Waals surface area contributed by atoms with Crippen molar-refractivity contribution in [3.05, 3.63) is 0 Å². The molecule has 0 aliphatic carbocycles. The molecule has 0 radical (unpaired) electrons. The van der Waals surface area contributed by atoms with Gasteiger partial charge in [0.1, 0.15) is 5.60 Å². The zero-order chi connectivity index (χ0) is 18.6. The minimum atomic E-state index is -0.426. The van der Waals surface area contributed by atoms with Gasteiger partial charge in [0, 0.05) is 58.4 Å². The number of rotatable bonds is 3. The van der Waals surface area contributed by atoms with Crippen LogP contribution in [0.25, 0.3) is 0 Å². The summed E-state index contributed by atoms with van der Waals surface area (Å²) in [6.45, 7) is 16.3.